The monoisotopic (exact) mass is 429 g/mol. The quantitative estimate of drug-likeness (QED) is 0.577. The number of rotatable bonds is 6. The molecule has 1 atom stereocenters. The summed E-state index contributed by atoms with van der Waals surface area (Å²) in [5.74, 6) is -0.188. The number of amides is 1. The lowest BCUT2D eigenvalue weighted by Crippen LogP contribution is -2.36. The third-order valence-corrected chi connectivity index (χ3v) is 5.64. The van der Waals surface area contributed by atoms with Gasteiger partial charge in [0.15, 0.2) is 0 Å². The molecule has 1 unspecified atom stereocenters. The molecule has 2 aromatic carbocycles. The Balaban J connectivity index is 1.52. The lowest BCUT2D eigenvalue weighted by atomic mass is 10.0. The minimum atomic E-state index is -4.44. The largest absolute Gasteiger partial charge is 0.416 e. The van der Waals surface area contributed by atoms with E-state index in [1.165, 1.54) is 17.0 Å². The normalized spacial score (nSPS) is 15.1. The van der Waals surface area contributed by atoms with Gasteiger partial charge in [0.05, 0.1) is 28.8 Å². The van der Waals surface area contributed by atoms with E-state index < -0.39 is 17.8 Å². The van der Waals surface area contributed by atoms with Crippen molar-refractivity contribution in [2.45, 2.75) is 51.0 Å². The fraction of sp³-hybridized carbons (Fsp3) is 0.348. The van der Waals surface area contributed by atoms with E-state index in [-0.39, 0.29) is 30.5 Å². The molecule has 0 aliphatic heterocycles. The molecule has 1 aliphatic carbocycles. The second-order valence-corrected chi connectivity index (χ2v) is 7.84. The molecule has 31 heavy (non-hydrogen) atoms. The van der Waals surface area contributed by atoms with Crippen molar-refractivity contribution in [3.63, 3.8) is 0 Å². The minimum Gasteiger partial charge on any atom is -0.333 e. The highest BCUT2D eigenvalue weighted by atomic mass is 19.4. The number of para-hydroxylation sites is 1. The molecule has 1 fully saturated rings. The van der Waals surface area contributed by atoms with Crippen molar-refractivity contribution >= 4 is 16.8 Å². The molecule has 5 nitrogen and oxygen atoms in total. The van der Waals surface area contributed by atoms with Crippen molar-refractivity contribution < 1.29 is 18.0 Å². The number of benzene rings is 2. The molecule has 0 N–H and O–H groups in total. The summed E-state index contributed by atoms with van der Waals surface area (Å²) in [7, 11) is 0. The number of hydrogen-bond donors (Lipinski definition) is 0. The number of carbonyl (C=O) groups is 1. The number of hydrogen-bond acceptors (Lipinski definition) is 3. The van der Waals surface area contributed by atoms with Gasteiger partial charge < -0.3 is 4.90 Å². The third kappa shape index (κ3) is 4.47. The van der Waals surface area contributed by atoms with E-state index in [9.17, 15) is 22.8 Å². The topological polar surface area (TPSA) is 55.2 Å². The van der Waals surface area contributed by atoms with Gasteiger partial charge in [0, 0.05) is 19.0 Å². The van der Waals surface area contributed by atoms with Crippen molar-refractivity contribution in [2.75, 3.05) is 0 Å². The first-order chi connectivity index (χ1) is 14.8. The average molecular weight is 429 g/mol. The van der Waals surface area contributed by atoms with Crippen LogP contribution in [0.2, 0.25) is 0 Å². The third-order valence-electron chi connectivity index (χ3n) is 5.64. The lowest BCUT2D eigenvalue weighted by molar-refractivity contribution is -0.137. The van der Waals surface area contributed by atoms with Crippen molar-refractivity contribution in [1.82, 2.24) is 14.5 Å². The zero-order chi connectivity index (χ0) is 22.2. The molecule has 1 saturated carbocycles. The summed E-state index contributed by atoms with van der Waals surface area (Å²) in [6, 6.07) is 11.6. The molecule has 0 saturated heterocycles. The van der Waals surface area contributed by atoms with Crippen LogP contribution in [0.3, 0.4) is 0 Å². The first kappa shape index (κ1) is 21.1. The maximum absolute atomic E-state index is 13.1. The summed E-state index contributed by atoms with van der Waals surface area (Å²) in [5.41, 5.74) is 0.0867. The van der Waals surface area contributed by atoms with Gasteiger partial charge in [-0.15, -0.1) is 0 Å². The minimum absolute atomic E-state index is 0.0171. The van der Waals surface area contributed by atoms with Gasteiger partial charge in [0.2, 0.25) is 5.91 Å². The summed E-state index contributed by atoms with van der Waals surface area (Å²) in [4.78, 5) is 31.6. The predicted molar refractivity (Wildman–Crippen MR) is 110 cm³/mol. The Labute approximate surface area is 177 Å². The molecule has 0 bridgehead atoms. The van der Waals surface area contributed by atoms with Crippen molar-refractivity contribution in [3.8, 4) is 0 Å². The van der Waals surface area contributed by atoms with Crippen LogP contribution in [0.25, 0.3) is 10.9 Å². The second-order valence-electron chi connectivity index (χ2n) is 7.84. The predicted octanol–water partition coefficient (Wildman–Crippen LogP) is 4.56. The maximum Gasteiger partial charge on any atom is 0.416 e. The Morgan fingerprint density at radius 3 is 2.65 bits per heavy atom. The molecule has 1 heterocycles. The van der Waals surface area contributed by atoms with E-state index in [4.69, 9.17) is 0 Å². The standard InChI is InChI=1S/C23H22F3N3O2/c1-15(16-5-4-6-17(13-16)23(24,25)26)29(18-9-10-18)21(30)11-12-28-14-27-20-8-3-2-7-19(20)22(28)31/h2-8,13-15,18H,9-12H2,1H3. The molecule has 4 rings (SSSR count). The second kappa shape index (κ2) is 8.17. The zero-order valence-corrected chi connectivity index (χ0v) is 17.0. The molecule has 3 aromatic rings. The van der Waals surface area contributed by atoms with E-state index in [1.807, 2.05) is 0 Å². The first-order valence-electron chi connectivity index (χ1n) is 10.2. The molecule has 1 aromatic heterocycles. The number of aromatic nitrogens is 2. The van der Waals surface area contributed by atoms with Crippen molar-refractivity contribution in [3.05, 3.63) is 76.3 Å². The van der Waals surface area contributed by atoms with Gasteiger partial charge in [-0.1, -0.05) is 24.3 Å². The van der Waals surface area contributed by atoms with Crippen LogP contribution in [0, 0.1) is 0 Å². The smallest absolute Gasteiger partial charge is 0.333 e. The Bertz CT molecular complexity index is 1170. The average Bonchev–Trinajstić information content (AvgIpc) is 3.58. The molecular formula is C23H22F3N3O2. The van der Waals surface area contributed by atoms with Gasteiger partial charge in [0.25, 0.3) is 5.56 Å². The van der Waals surface area contributed by atoms with Crippen LogP contribution in [-0.4, -0.2) is 26.4 Å². The number of halogens is 3. The number of nitrogens with zero attached hydrogens (tertiary/aromatic N) is 3. The molecular weight excluding hydrogens is 407 g/mol. The number of fused-ring (bicyclic) bond motifs is 1. The van der Waals surface area contributed by atoms with Crippen LogP contribution in [-0.2, 0) is 17.5 Å². The van der Waals surface area contributed by atoms with Gasteiger partial charge in [0.1, 0.15) is 0 Å². The SMILES string of the molecule is CC(c1cccc(C(F)(F)F)c1)N(C(=O)CCn1cnc2ccccc2c1=O)C1CC1. The van der Waals surface area contributed by atoms with E-state index in [0.29, 0.717) is 16.5 Å². The summed E-state index contributed by atoms with van der Waals surface area (Å²) >= 11 is 0. The zero-order valence-electron chi connectivity index (χ0n) is 17.0. The Morgan fingerprint density at radius 2 is 1.94 bits per heavy atom. The van der Waals surface area contributed by atoms with Crippen LogP contribution in [0.1, 0.15) is 43.4 Å². The van der Waals surface area contributed by atoms with Crippen LogP contribution in [0.4, 0.5) is 13.2 Å². The highest BCUT2D eigenvalue weighted by molar-refractivity contribution is 5.78. The van der Waals surface area contributed by atoms with E-state index >= 15 is 0 Å². The highest BCUT2D eigenvalue weighted by Crippen LogP contribution is 2.37. The number of alkyl halides is 3. The summed E-state index contributed by atoms with van der Waals surface area (Å²) in [5, 5.41) is 0.480. The molecule has 1 amide bonds. The Hall–Kier alpha value is -3.16. The van der Waals surface area contributed by atoms with Crippen molar-refractivity contribution in [2.24, 2.45) is 0 Å². The molecule has 0 radical (unpaired) electrons. The van der Waals surface area contributed by atoms with Gasteiger partial charge in [-0.05, 0) is 49.6 Å². The molecule has 0 spiro atoms. The summed E-state index contributed by atoms with van der Waals surface area (Å²) in [6.45, 7) is 1.91. The highest BCUT2D eigenvalue weighted by Gasteiger charge is 2.37. The fourth-order valence-electron chi connectivity index (χ4n) is 3.83. The van der Waals surface area contributed by atoms with E-state index in [0.717, 1.165) is 25.0 Å². The van der Waals surface area contributed by atoms with Gasteiger partial charge in [-0.2, -0.15) is 13.2 Å². The van der Waals surface area contributed by atoms with E-state index in [1.54, 1.807) is 42.2 Å². The molecule has 8 heteroatoms. The van der Waals surface area contributed by atoms with Gasteiger partial charge >= 0.3 is 6.18 Å². The summed E-state index contributed by atoms with van der Waals surface area (Å²) < 4.78 is 40.7. The summed E-state index contributed by atoms with van der Waals surface area (Å²) in [6.07, 6.45) is -1.29. The van der Waals surface area contributed by atoms with Crippen LogP contribution in [0.15, 0.2) is 59.7 Å². The number of aryl methyl sites for hydroxylation is 1. The van der Waals surface area contributed by atoms with Crippen molar-refractivity contribution in [1.29, 1.82) is 0 Å². The van der Waals surface area contributed by atoms with E-state index in [2.05, 4.69) is 4.98 Å². The Kier molecular flexibility index (Phi) is 5.56. The number of carbonyl (C=O) groups excluding carboxylic acids is 1. The van der Waals surface area contributed by atoms with Crippen LogP contribution < -0.4 is 5.56 Å². The van der Waals surface area contributed by atoms with Gasteiger partial charge in [-0.3, -0.25) is 14.2 Å². The molecule has 162 valence electrons. The Morgan fingerprint density at radius 1 is 1.19 bits per heavy atom. The van der Waals surface area contributed by atoms with Gasteiger partial charge in [-0.25, -0.2) is 4.98 Å². The first-order valence-corrected chi connectivity index (χ1v) is 10.2. The van der Waals surface area contributed by atoms with Crippen LogP contribution >= 0.6 is 0 Å². The molecule has 1 aliphatic rings. The maximum atomic E-state index is 13.1. The lowest BCUT2D eigenvalue weighted by Gasteiger charge is -2.30. The van der Waals surface area contributed by atoms with Crippen LogP contribution in [0.5, 0.6) is 0 Å². The fourth-order valence-corrected chi connectivity index (χ4v) is 3.83.